The number of benzene rings is 2. The molecule has 0 aliphatic carbocycles. The van der Waals surface area contributed by atoms with Gasteiger partial charge in [0.25, 0.3) is 5.91 Å². The Balaban J connectivity index is 1.93. The first kappa shape index (κ1) is 16.8. The molecule has 23 heavy (non-hydrogen) atoms. The van der Waals surface area contributed by atoms with Crippen molar-refractivity contribution in [3.05, 3.63) is 42.0 Å². The van der Waals surface area contributed by atoms with Crippen molar-refractivity contribution in [3.8, 4) is 5.75 Å². The topological polar surface area (TPSA) is 64.6 Å². The zero-order valence-electron chi connectivity index (χ0n) is 13.4. The minimum absolute atomic E-state index is 0.142. The van der Waals surface area contributed by atoms with E-state index in [4.69, 9.17) is 9.47 Å². The smallest absolute Gasteiger partial charge is 0.310 e. The molecule has 2 rings (SSSR count). The molecule has 2 aromatic carbocycles. The maximum Gasteiger partial charge on any atom is 0.310 e. The molecule has 1 N–H and O–H groups in total. The van der Waals surface area contributed by atoms with Crippen molar-refractivity contribution in [2.75, 3.05) is 20.3 Å². The van der Waals surface area contributed by atoms with Gasteiger partial charge in [-0.15, -0.1) is 0 Å². The summed E-state index contributed by atoms with van der Waals surface area (Å²) in [5, 5.41) is 4.73. The Morgan fingerprint density at radius 2 is 1.83 bits per heavy atom. The van der Waals surface area contributed by atoms with Crippen molar-refractivity contribution in [1.29, 1.82) is 0 Å². The first-order valence-electron chi connectivity index (χ1n) is 7.61. The fourth-order valence-corrected chi connectivity index (χ4v) is 2.19. The fourth-order valence-electron chi connectivity index (χ4n) is 2.19. The minimum atomic E-state index is -0.412. The molecule has 0 aliphatic rings. The molecule has 0 saturated carbocycles. The summed E-state index contributed by atoms with van der Waals surface area (Å²) in [6.45, 7) is 2.32. The lowest BCUT2D eigenvalue weighted by Gasteiger charge is -2.07. The van der Waals surface area contributed by atoms with Crippen LogP contribution in [0.25, 0.3) is 10.8 Å². The normalized spacial score (nSPS) is 10.3. The van der Waals surface area contributed by atoms with E-state index >= 15 is 0 Å². The molecule has 1 amide bonds. The second-order valence-corrected chi connectivity index (χ2v) is 5.23. The maximum atomic E-state index is 11.8. The summed E-state index contributed by atoms with van der Waals surface area (Å²) < 4.78 is 10.2. The summed E-state index contributed by atoms with van der Waals surface area (Å²) >= 11 is 0. The molecule has 0 aromatic heterocycles. The van der Waals surface area contributed by atoms with Gasteiger partial charge in [-0.2, -0.15) is 0 Å². The van der Waals surface area contributed by atoms with Gasteiger partial charge < -0.3 is 14.8 Å². The van der Waals surface area contributed by atoms with Crippen LogP contribution in [0.1, 0.15) is 18.9 Å². The first-order valence-corrected chi connectivity index (χ1v) is 7.61. The molecule has 5 heteroatoms. The van der Waals surface area contributed by atoms with Crippen LogP contribution in [-0.4, -0.2) is 32.1 Å². The number of hydrogen-bond acceptors (Lipinski definition) is 4. The third-order valence-corrected chi connectivity index (χ3v) is 3.40. The Labute approximate surface area is 135 Å². The van der Waals surface area contributed by atoms with Crippen LogP contribution in [0.4, 0.5) is 0 Å². The SMILES string of the molecule is CCCNC(=O)COC(=O)Cc1ccc2cc(OC)ccc2c1. The van der Waals surface area contributed by atoms with Gasteiger partial charge in [0, 0.05) is 6.54 Å². The minimum Gasteiger partial charge on any atom is -0.497 e. The third kappa shape index (κ3) is 4.98. The molecule has 2 aromatic rings. The van der Waals surface area contributed by atoms with Crippen LogP contribution < -0.4 is 10.1 Å². The second kappa shape index (κ2) is 8.17. The molecule has 122 valence electrons. The number of carbonyl (C=O) groups excluding carboxylic acids is 2. The molecule has 0 heterocycles. The van der Waals surface area contributed by atoms with Gasteiger partial charge >= 0.3 is 5.97 Å². The monoisotopic (exact) mass is 315 g/mol. The molecule has 5 nitrogen and oxygen atoms in total. The number of rotatable bonds is 7. The van der Waals surface area contributed by atoms with Crippen molar-refractivity contribution in [3.63, 3.8) is 0 Å². The van der Waals surface area contributed by atoms with E-state index in [1.165, 1.54) is 0 Å². The predicted molar refractivity (Wildman–Crippen MR) is 88.5 cm³/mol. The molecule has 0 unspecified atom stereocenters. The summed E-state index contributed by atoms with van der Waals surface area (Å²) in [4.78, 5) is 23.2. The van der Waals surface area contributed by atoms with Gasteiger partial charge in [0.05, 0.1) is 13.5 Å². The number of amides is 1. The number of nitrogens with one attached hydrogen (secondary N) is 1. The quantitative estimate of drug-likeness (QED) is 0.797. The van der Waals surface area contributed by atoms with E-state index in [1.54, 1.807) is 7.11 Å². The summed E-state index contributed by atoms with van der Waals surface area (Å²) in [5.74, 6) is 0.109. The van der Waals surface area contributed by atoms with E-state index in [9.17, 15) is 9.59 Å². The van der Waals surface area contributed by atoms with E-state index in [0.29, 0.717) is 6.54 Å². The van der Waals surface area contributed by atoms with E-state index in [1.807, 2.05) is 43.3 Å². The largest absolute Gasteiger partial charge is 0.497 e. The van der Waals surface area contributed by atoms with Crippen molar-refractivity contribution in [2.45, 2.75) is 19.8 Å². The van der Waals surface area contributed by atoms with Crippen LogP contribution in [0.2, 0.25) is 0 Å². The summed E-state index contributed by atoms with van der Waals surface area (Å²) in [5.41, 5.74) is 0.849. The van der Waals surface area contributed by atoms with E-state index in [-0.39, 0.29) is 18.9 Å². The Bertz CT molecular complexity index is 696. The molecule has 0 fully saturated rings. The van der Waals surface area contributed by atoms with Gasteiger partial charge in [0.2, 0.25) is 0 Å². The summed E-state index contributed by atoms with van der Waals surface area (Å²) in [7, 11) is 1.63. The Morgan fingerprint density at radius 3 is 2.57 bits per heavy atom. The van der Waals surface area contributed by atoms with Gasteiger partial charge in [-0.25, -0.2) is 0 Å². The zero-order chi connectivity index (χ0) is 16.7. The second-order valence-electron chi connectivity index (χ2n) is 5.23. The van der Waals surface area contributed by atoms with Crippen LogP contribution >= 0.6 is 0 Å². The van der Waals surface area contributed by atoms with E-state index in [0.717, 1.165) is 28.5 Å². The van der Waals surface area contributed by atoms with E-state index in [2.05, 4.69) is 5.32 Å². The van der Waals surface area contributed by atoms with Gasteiger partial charge in [-0.05, 0) is 34.9 Å². The van der Waals surface area contributed by atoms with Crippen molar-refractivity contribution in [1.82, 2.24) is 5.32 Å². The standard InChI is InChI=1S/C18H21NO4/c1-3-8-19-17(20)12-23-18(21)10-13-4-5-15-11-16(22-2)7-6-14(15)9-13/h4-7,9,11H,3,8,10,12H2,1-2H3,(H,19,20). The zero-order valence-corrected chi connectivity index (χ0v) is 13.4. The number of esters is 1. The number of methoxy groups -OCH3 is 1. The lowest BCUT2D eigenvalue weighted by Crippen LogP contribution is -2.29. The fraction of sp³-hybridized carbons (Fsp3) is 0.333. The summed E-state index contributed by atoms with van der Waals surface area (Å²) in [6, 6.07) is 11.5. The van der Waals surface area contributed by atoms with E-state index < -0.39 is 5.97 Å². The Kier molecular flexibility index (Phi) is 5.97. The van der Waals surface area contributed by atoms with Crippen LogP contribution in [0.5, 0.6) is 5.75 Å². The van der Waals surface area contributed by atoms with Gasteiger partial charge in [-0.3, -0.25) is 9.59 Å². The highest BCUT2D eigenvalue weighted by molar-refractivity contribution is 5.86. The van der Waals surface area contributed by atoms with Crippen molar-refractivity contribution in [2.24, 2.45) is 0 Å². The average molecular weight is 315 g/mol. The number of ether oxygens (including phenoxy) is 2. The molecule has 0 bridgehead atoms. The van der Waals surface area contributed by atoms with Gasteiger partial charge in [0.1, 0.15) is 5.75 Å². The molecule has 0 aliphatic heterocycles. The van der Waals surface area contributed by atoms with Crippen molar-refractivity contribution >= 4 is 22.6 Å². The van der Waals surface area contributed by atoms with Crippen LogP contribution in [0, 0.1) is 0 Å². The first-order chi connectivity index (χ1) is 11.1. The molecular formula is C18H21NO4. The van der Waals surface area contributed by atoms with Gasteiger partial charge in [0.15, 0.2) is 6.61 Å². The van der Waals surface area contributed by atoms with Gasteiger partial charge in [-0.1, -0.05) is 31.2 Å². The Morgan fingerprint density at radius 1 is 1.09 bits per heavy atom. The van der Waals surface area contributed by atoms with Crippen LogP contribution in [0.15, 0.2) is 36.4 Å². The lowest BCUT2D eigenvalue weighted by atomic mass is 10.0. The maximum absolute atomic E-state index is 11.8. The molecule has 0 atom stereocenters. The highest BCUT2D eigenvalue weighted by Gasteiger charge is 2.09. The molecule has 0 spiro atoms. The molecule has 0 radical (unpaired) electrons. The molecular weight excluding hydrogens is 294 g/mol. The highest BCUT2D eigenvalue weighted by atomic mass is 16.5. The van der Waals surface area contributed by atoms with Crippen LogP contribution in [0.3, 0.4) is 0 Å². The lowest BCUT2D eigenvalue weighted by molar-refractivity contribution is -0.147. The van der Waals surface area contributed by atoms with Crippen LogP contribution in [-0.2, 0) is 20.7 Å². The Hall–Kier alpha value is -2.56. The average Bonchev–Trinajstić information content (AvgIpc) is 2.57. The number of carbonyl (C=O) groups is 2. The number of hydrogen-bond donors (Lipinski definition) is 1. The van der Waals surface area contributed by atoms with Crippen molar-refractivity contribution < 1.29 is 19.1 Å². The summed E-state index contributed by atoms with van der Waals surface area (Å²) in [6.07, 6.45) is 0.991. The predicted octanol–water partition coefficient (Wildman–Crippen LogP) is 2.46. The number of fused-ring (bicyclic) bond motifs is 1. The third-order valence-electron chi connectivity index (χ3n) is 3.40. The molecule has 0 saturated heterocycles. The highest BCUT2D eigenvalue weighted by Crippen LogP contribution is 2.22.